The summed E-state index contributed by atoms with van der Waals surface area (Å²) >= 11 is 0. The van der Waals surface area contributed by atoms with Crippen molar-refractivity contribution in [2.24, 2.45) is 0 Å². The summed E-state index contributed by atoms with van der Waals surface area (Å²) in [5, 5.41) is 9.58. The van der Waals surface area contributed by atoms with E-state index in [0.29, 0.717) is 13.0 Å². The number of hydrogen-bond acceptors (Lipinski definition) is 4. The van der Waals surface area contributed by atoms with Crippen molar-refractivity contribution in [1.29, 1.82) is 5.26 Å². The predicted molar refractivity (Wildman–Crippen MR) is 85.3 cm³/mol. The number of hydrogen-bond donors (Lipinski definition) is 0. The Hall–Kier alpha value is -1.84. The first-order valence-corrected chi connectivity index (χ1v) is 10.9. The fraction of sp³-hybridized carbons (Fsp3) is 0.500. The first-order chi connectivity index (χ1) is 10.4. The topological polar surface area (TPSA) is 62.6 Å². The number of carbonyl (C=O) groups is 1. The summed E-state index contributed by atoms with van der Waals surface area (Å²) in [7, 11) is -1.96. The monoisotopic (exact) mass is 318 g/mol. The number of nitrogens with zero attached hydrogens (tertiary/aromatic N) is 2. The average Bonchev–Trinajstić information content (AvgIpc) is 2.88. The number of amides is 1. The Bertz CT molecular complexity index is 565. The fourth-order valence-corrected chi connectivity index (χ4v) is 3.85. The molecule has 5 nitrogen and oxygen atoms in total. The molecule has 1 atom stereocenters. The standard InChI is InChI=1S/C16H22N2O3Si/c1-22(2,3)21-16(13-17)10-7-11-18(16)15(19)20-12-14-8-5-4-6-9-14/h4-6,8-9H,7,10-12H2,1-3H3/t16-/m0/s1. The lowest BCUT2D eigenvalue weighted by Gasteiger charge is -2.36. The molecule has 0 radical (unpaired) electrons. The van der Waals surface area contributed by atoms with Crippen LogP contribution >= 0.6 is 0 Å². The van der Waals surface area contributed by atoms with Gasteiger partial charge in [0, 0.05) is 13.0 Å². The van der Waals surface area contributed by atoms with Crippen LogP contribution in [-0.4, -0.2) is 31.6 Å². The van der Waals surface area contributed by atoms with E-state index in [4.69, 9.17) is 9.16 Å². The maximum atomic E-state index is 12.4. The molecule has 0 unspecified atom stereocenters. The lowest BCUT2D eigenvalue weighted by molar-refractivity contribution is -0.0153. The molecule has 1 amide bonds. The van der Waals surface area contributed by atoms with Crippen molar-refractivity contribution in [2.75, 3.05) is 6.54 Å². The summed E-state index contributed by atoms with van der Waals surface area (Å²) in [5.41, 5.74) is -0.248. The van der Waals surface area contributed by atoms with Gasteiger partial charge >= 0.3 is 6.09 Å². The van der Waals surface area contributed by atoms with E-state index < -0.39 is 20.1 Å². The van der Waals surface area contributed by atoms with E-state index in [1.165, 1.54) is 4.90 Å². The van der Waals surface area contributed by atoms with Gasteiger partial charge in [-0.3, -0.25) is 4.90 Å². The zero-order valence-corrected chi connectivity index (χ0v) is 14.3. The first-order valence-electron chi connectivity index (χ1n) is 7.46. The van der Waals surface area contributed by atoms with Gasteiger partial charge in [-0.15, -0.1) is 0 Å². The minimum atomic E-state index is -1.96. The van der Waals surface area contributed by atoms with Crippen molar-refractivity contribution in [2.45, 2.75) is 44.8 Å². The lowest BCUT2D eigenvalue weighted by atomic mass is 10.2. The second-order valence-corrected chi connectivity index (χ2v) is 10.8. The molecule has 0 aromatic heterocycles. The molecule has 1 aliphatic rings. The van der Waals surface area contributed by atoms with Crippen LogP contribution in [0.2, 0.25) is 19.6 Å². The van der Waals surface area contributed by atoms with Crippen LogP contribution in [0.3, 0.4) is 0 Å². The van der Waals surface area contributed by atoms with Crippen LogP contribution in [0.4, 0.5) is 4.79 Å². The SMILES string of the molecule is C[Si](C)(C)O[C@]1(C#N)CCCN1C(=O)OCc1ccccc1. The first kappa shape index (κ1) is 16.5. The van der Waals surface area contributed by atoms with Crippen molar-refractivity contribution in [3.8, 4) is 6.07 Å². The summed E-state index contributed by atoms with van der Waals surface area (Å²) in [5.74, 6) is 0. The minimum absolute atomic E-state index is 0.199. The Morgan fingerprint density at radius 3 is 2.64 bits per heavy atom. The molecule has 1 aliphatic heterocycles. The van der Waals surface area contributed by atoms with Gasteiger partial charge in [-0.1, -0.05) is 30.3 Å². The van der Waals surface area contributed by atoms with E-state index in [0.717, 1.165) is 12.0 Å². The van der Waals surface area contributed by atoms with E-state index in [1.807, 2.05) is 50.0 Å². The molecule has 1 saturated heterocycles. The smallest absolute Gasteiger partial charge is 0.413 e. The molecule has 1 aromatic carbocycles. The Labute approximate surface area is 132 Å². The molecule has 118 valence electrons. The Morgan fingerprint density at radius 2 is 2.05 bits per heavy atom. The van der Waals surface area contributed by atoms with Crippen LogP contribution in [0.5, 0.6) is 0 Å². The summed E-state index contributed by atoms with van der Waals surface area (Å²) in [6.07, 6.45) is 0.799. The van der Waals surface area contributed by atoms with Crippen LogP contribution < -0.4 is 0 Å². The van der Waals surface area contributed by atoms with Gasteiger partial charge in [-0.05, 0) is 31.6 Å². The van der Waals surface area contributed by atoms with Gasteiger partial charge in [0.15, 0.2) is 8.32 Å². The van der Waals surface area contributed by atoms with Crippen molar-refractivity contribution in [1.82, 2.24) is 4.90 Å². The van der Waals surface area contributed by atoms with Gasteiger partial charge in [0.05, 0.1) is 0 Å². The zero-order valence-electron chi connectivity index (χ0n) is 13.3. The molecule has 0 spiro atoms. The van der Waals surface area contributed by atoms with Crippen molar-refractivity contribution in [3.05, 3.63) is 35.9 Å². The van der Waals surface area contributed by atoms with Crippen molar-refractivity contribution < 1.29 is 14.0 Å². The molecule has 0 saturated carbocycles. The summed E-state index contributed by atoms with van der Waals surface area (Å²) < 4.78 is 11.4. The number of ether oxygens (including phenoxy) is 1. The Morgan fingerprint density at radius 1 is 1.36 bits per heavy atom. The third kappa shape index (κ3) is 3.87. The summed E-state index contributed by atoms with van der Waals surface area (Å²) in [6.45, 7) is 6.73. The average molecular weight is 318 g/mol. The van der Waals surface area contributed by atoms with Crippen LogP contribution in [0.1, 0.15) is 18.4 Å². The van der Waals surface area contributed by atoms with Gasteiger partial charge in [-0.2, -0.15) is 5.26 Å². The molecule has 22 heavy (non-hydrogen) atoms. The Balaban J connectivity index is 2.06. The second kappa shape index (κ2) is 6.51. The van der Waals surface area contributed by atoms with Crippen LogP contribution in [-0.2, 0) is 15.8 Å². The highest BCUT2D eigenvalue weighted by molar-refractivity contribution is 6.69. The summed E-state index contributed by atoms with van der Waals surface area (Å²) in [4.78, 5) is 13.8. The number of rotatable bonds is 4. The number of nitriles is 1. The molecule has 6 heteroatoms. The van der Waals surface area contributed by atoms with E-state index in [1.54, 1.807) is 0 Å². The maximum absolute atomic E-state index is 12.4. The minimum Gasteiger partial charge on any atom is -0.444 e. The maximum Gasteiger partial charge on any atom is 0.413 e. The van der Waals surface area contributed by atoms with E-state index in [-0.39, 0.29) is 6.61 Å². The number of carbonyl (C=O) groups excluding carboxylic acids is 1. The lowest BCUT2D eigenvalue weighted by Crippen LogP contribution is -2.53. The van der Waals surface area contributed by atoms with Gasteiger partial charge in [0.25, 0.3) is 0 Å². The van der Waals surface area contributed by atoms with E-state index in [9.17, 15) is 10.1 Å². The molecular formula is C16H22N2O3Si. The third-order valence-electron chi connectivity index (χ3n) is 3.41. The number of benzene rings is 1. The van der Waals surface area contributed by atoms with Gasteiger partial charge in [-0.25, -0.2) is 4.79 Å². The molecule has 0 bridgehead atoms. The quantitative estimate of drug-likeness (QED) is 0.797. The highest BCUT2D eigenvalue weighted by atomic mass is 28.4. The molecule has 1 aromatic rings. The number of likely N-dealkylation sites (tertiary alicyclic amines) is 1. The molecule has 2 rings (SSSR count). The molecular weight excluding hydrogens is 296 g/mol. The van der Waals surface area contributed by atoms with E-state index in [2.05, 4.69) is 6.07 Å². The largest absolute Gasteiger partial charge is 0.444 e. The molecule has 0 aliphatic carbocycles. The third-order valence-corrected chi connectivity index (χ3v) is 4.36. The van der Waals surface area contributed by atoms with Crippen LogP contribution in [0, 0.1) is 11.3 Å². The van der Waals surface area contributed by atoms with Crippen LogP contribution in [0.25, 0.3) is 0 Å². The highest BCUT2D eigenvalue weighted by Crippen LogP contribution is 2.33. The normalized spacial score (nSPS) is 21.5. The zero-order chi connectivity index (χ0) is 16.2. The van der Waals surface area contributed by atoms with Crippen molar-refractivity contribution >= 4 is 14.4 Å². The van der Waals surface area contributed by atoms with Gasteiger partial charge < -0.3 is 9.16 Å². The second-order valence-electron chi connectivity index (χ2n) is 6.41. The van der Waals surface area contributed by atoms with Gasteiger partial charge in [0.1, 0.15) is 12.7 Å². The molecule has 1 heterocycles. The van der Waals surface area contributed by atoms with E-state index >= 15 is 0 Å². The van der Waals surface area contributed by atoms with Crippen LogP contribution in [0.15, 0.2) is 30.3 Å². The molecule has 0 N–H and O–H groups in total. The Kier molecular flexibility index (Phi) is 4.89. The van der Waals surface area contributed by atoms with Crippen molar-refractivity contribution in [3.63, 3.8) is 0 Å². The fourth-order valence-electron chi connectivity index (χ4n) is 2.58. The predicted octanol–water partition coefficient (Wildman–Crippen LogP) is 3.49. The highest BCUT2D eigenvalue weighted by Gasteiger charge is 2.48. The molecule has 1 fully saturated rings. The van der Waals surface area contributed by atoms with Gasteiger partial charge in [0.2, 0.25) is 5.72 Å². The summed E-state index contributed by atoms with van der Waals surface area (Å²) in [6, 6.07) is 11.7.